The van der Waals surface area contributed by atoms with Crippen molar-refractivity contribution >= 4 is 11.8 Å². The van der Waals surface area contributed by atoms with E-state index in [2.05, 4.69) is 10.4 Å². The Labute approximate surface area is 163 Å². The minimum absolute atomic E-state index is 0.0955. The van der Waals surface area contributed by atoms with Gasteiger partial charge >= 0.3 is 0 Å². The Kier molecular flexibility index (Phi) is 6.54. The standard InChI is InChI=1S/C20H25N5O3/c21-12-11-18(26)22-14-16-8-4-5-13-24(16)20(28)17-9-10-19(27)25(23-17)15-6-2-1-3-7-15/h1-3,6-7,9-10,16H,4-5,8,11-14,21H2,(H,22,26). The maximum atomic E-state index is 13.1. The highest BCUT2D eigenvalue weighted by molar-refractivity contribution is 5.92. The number of hydrogen-bond donors (Lipinski definition) is 2. The van der Waals surface area contributed by atoms with E-state index < -0.39 is 0 Å². The van der Waals surface area contributed by atoms with E-state index in [4.69, 9.17) is 5.73 Å². The fourth-order valence-electron chi connectivity index (χ4n) is 3.36. The number of para-hydroxylation sites is 1. The Hall–Kier alpha value is -3.00. The summed E-state index contributed by atoms with van der Waals surface area (Å²) in [7, 11) is 0. The molecule has 1 aromatic heterocycles. The van der Waals surface area contributed by atoms with Crippen molar-refractivity contribution in [3.63, 3.8) is 0 Å². The van der Waals surface area contributed by atoms with E-state index in [1.54, 1.807) is 17.0 Å². The lowest BCUT2D eigenvalue weighted by Crippen LogP contribution is -2.50. The van der Waals surface area contributed by atoms with Crippen LogP contribution >= 0.6 is 0 Å². The summed E-state index contributed by atoms with van der Waals surface area (Å²) in [5.41, 5.74) is 5.92. The molecule has 1 unspecified atom stereocenters. The molecule has 0 aliphatic carbocycles. The second kappa shape index (κ2) is 9.27. The summed E-state index contributed by atoms with van der Waals surface area (Å²) in [5.74, 6) is -0.348. The largest absolute Gasteiger partial charge is 0.354 e. The molecule has 1 aliphatic rings. The van der Waals surface area contributed by atoms with Crippen LogP contribution in [0.3, 0.4) is 0 Å². The monoisotopic (exact) mass is 383 g/mol. The van der Waals surface area contributed by atoms with Gasteiger partial charge in [-0.25, -0.2) is 0 Å². The molecule has 148 valence electrons. The van der Waals surface area contributed by atoms with Crippen molar-refractivity contribution in [3.8, 4) is 5.69 Å². The van der Waals surface area contributed by atoms with Crippen molar-refractivity contribution < 1.29 is 9.59 Å². The van der Waals surface area contributed by atoms with E-state index in [1.165, 1.54) is 16.8 Å². The SMILES string of the molecule is NCCC(=O)NCC1CCCCN1C(=O)c1ccc(=O)n(-c2ccccc2)n1. The van der Waals surface area contributed by atoms with Gasteiger partial charge < -0.3 is 16.0 Å². The molecule has 3 N–H and O–H groups in total. The van der Waals surface area contributed by atoms with Crippen LogP contribution < -0.4 is 16.6 Å². The van der Waals surface area contributed by atoms with Crippen molar-refractivity contribution in [3.05, 3.63) is 58.5 Å². The lowest BCUT2D eigenvalue weighted by molar-refractivity contribution is -0.121. The van der Waals surface area contributed by atoms with E-state index in [1.807, 2.05) is 18.2 Å². The Morgan fingerprint density at radius 3 is 2.68 bits per heavy atom. The number of carbonyl (C=O) groups is 2. The predicted molar refractivity (Wildman–Crippen MR) is 105 cm³/mol. The minimum Gasteiger partial charge on any atom is -0.354 e. The highest BCUT2D eigenvalue weighted by Crippen LogP contribution is 2.19. The summed E-state index contributed by atoms with van der Waals surface area (Å²) < 4.78 is 1.23. The molecule has 1 fully saturated rings. The van der Waals surface area contributed by atoms with Crippen LogP contribution in [0.5, 0.6) is 0 Å². The minimum atomic E-state index is -0.299. The van der Waals surface area contributed by atoms with Gasteiger partial charge in [-0.15, -0.1) is 0 Å². The Morgan fingerprint density at radius 2 is 1.93 bits per heavy atom. The van der Waals surface area contributed by atoms with Gasteiger partial charge in [0.2, 0.25) is 5.91 Å². The average Bonchev–Trinajstić information content (AvgIpc) is 2.73. The Bertz CT molecular complexity index is 881. The maximum Gasteiger partial charge on any atom is 0.274 e. The zero-order chi connectivity index (χ0) is 19.9. The second-order valence-corrected chi connectivity index (χ2v) is 6.80. The summed E-state index contributed by atoms with van der Waals surface area (Å²) >= 11 is 0. The summed E-state index contributed by atoms with van der Waals surface area (Å²) in [4.78, 5) is 38.8. The Morgan fingerprint density at radius 1 is 1.14 bits per heavy atom. The van der Waals surface area contributed by atoms with Gasteiger partial charge in [0.25, 0.3) is 11.5 Å². The lowest BCUT2D eigenvalue weighted by Gasteiger charge is -2.35. The molecule has 0 saturated carbocycles. The van der Waals surface area contributed by atoms with E-state index in [0.717, 1.165) is 19.3 Å². The van der Waals surface area contributed by atoms with Crippen LogP contribution in [0.15, 0.2) is 47.3 Å². The Balaban J connectivity index is 1.79. The first kappa shape index (κ1) is 19.8. The number of likely N-dealkylation sites (tertiary alicyclic amines) is 1. The maximum absolute atomic E-state index is 13.1. The third-order valence-corrected chi connectivity index (χ3v) is 4.81. The molecule has 1 aromatic carbocycles. The fraction of sp³-hybridized carbons (Fsp3) is 0.400. The first-order valence-corrected chi connectivity index (χ1v) is 9.53. The van der Waals surface area contributed by atoms with Crippen LogP contribution in [-0.2, 0) is 4.79 Å². The van der Waals surface area contributed by atoms with Crippen molar-refractivity contribution in [2.24, 2.45) is 5.73 Å². The number of benzene rings is 1. The molecule has 2 aromatic rings. The van der Waals surface area contributed by atoms with Gasteiger partial charge in [0.05, 0.1) is 5.69 Å². The normalized spacial score (nSPS) is 16.6. The molecule has 2 amide bonds. The molecule has 1 aliphatic heterocycles. The van der Waals surface area contributed by atoms with Crippen LogP contribution in [0.25, 0.3) is 5.69 Å². The highest BCUT2D eigenvalue weighted by atomic mass is 16.2. The van der Waals surface area contributed by atoms with Gasteiger partial charge in [-0.1, -0.05) is 18.2 Å². The number of aromatic nitrogens is 2. The van der Waals surface area contributed by atoms with Crippen LogP contribution in [0.4, 0.5) is 0 Å². The lowest BCUT2D eigenvalue weighted by atomic mass is 10.0. The zero-order valence-electron chi connectivity index (χ0n) is 15.7. The quantitative estimate of drug-likeness (QED) is 0.763. The van der Waals surface area contributed by atoms with E-state index in [-0.39, 0.29) is 35.5 Å². The number of nitrogens with one attached hydrogen (secondary N) is 1. The molecule has 8 nitrogen and oxygen atoms in total. The van der Waals surface area contributed by atoms with Gasteiger partial charge in [0.15, 0.2) is 0 Å². The topological polar surface area (TPSA) is 110 Å². The molecule has 1 atom stereocenters. The number of nitrogens with zero attached hydrogens (tertiary/aromatic N) is 3. The van der Waals surface area contributed by atoms with E-state index in [9.17, 15) is 14.4 Å². The summed E-state index contributed by atoms with van der Waals surface area (Å²) in [6, 6.07) is 11.7. The van der Waals surface area contributed by atoms with Crippen molar-refractivity contribution in [2.75, 3.05) is 19.6 Å². The van der Waals surface area contributed by atoms with Gasteiger partial charge in [-0.3, -0.25) is 14.4 Å². The zero-order valence-corrected chi connectivity index (χ0v) is 15.7. The first-order chi connectivity index (χ1) is 13.6. The molecule has 8 heteroatoms. The number of piperidine rings is 1. The highest BCUT2D eigenvalue weighted by Gasteiger charge is 2.29. The fourth-order valence-corrected chi connectivity index (χ4v) is 3.36. The van der Waals surface area contributed by atoms with E-state index in [0.29, 0.717) is 25.3 Å². The molecule has 3 rings (SSSR count). The molecule has 1 saturated heterocycles. The van der Waals surface area contributed by atoms with Crippen LogP contribution in [-0.4, -0.2) is 52.2 Å². The van der Waals surface area contributed by atoms with Crippen LogP contribution in [0, 0.1) is 0 Å². The summed E-state index contributed by atoms with van der Waals surface area (Å²) in [5, 5.41) is 7.13. The van der Waals surface area contributed by atoms with Crippen molar-refractivity contribution in [1.29, 1.82) is 0 Å². The molecular weight excluding hydrogens is 358 g/mol. The molecular formula is C20H25N5O3. The molecule has 0 radical (unpaired) electrons. The predicted octanol–water partition coefficient (Wildman–Crippen LogP) is 0.692. The second-order valence-electron chi connectivity index (χ2n) is 6.80. The van der Waals surface area contributed by atoms with Crippen LogP contribution in [0.1, 0.15) is 36.2 Å². The number of carbonyl (C=O) groups excluding carboxylic acids is 2. The van der Waals surface area contributed by atoms with Gasteiger partial charge in [0.1, 0.15) is 5.69 Å². The van der Waals surface area contributed by atoms with Crippen molar-refractivity contribution in [1.82, 2.24) is 20.0 Å². The summed E-state index contributed by atoms with van der Waals surface area (Å²) in [6.45, 7) is 1.29. The number of nitrogens with two attached hydrogens (primary N) is 1. The summed E-state index contributed by atoms with van der Waals surface area (Å²) in [6.07, 6.45) is 2.98. The smallest absolute Gasteiger partial charge is 0.274 e. The van der Waals surface area contributed by atoms with E-state index >= 15 is 0 Å². The number of rotatable bonds is 6. The number of hydrogen-bond acceptors (Lipinski definition) is 5. The number of amides is 2. The molecule has 0 bridgehead atoms. The third-order valence-electron chi connectivity index (χ3n) is 4.81. The van der Waals surface area contributed by atoms with Crippen LogP contribution in [0.2, 0.25) is 0 Å². The molecule has 2 heterocycles. The van der Waals surface area contributed by atoms with Gasteiger partial charge in [-0.05, 0) is 37.5 Å². The average molecular weight is 383 g/mol. The van der Waals surface area contributed by atoms with Gasteiger partial charge in [-0.2, -0.15) is 9.78 Å². The van der Waals surface area contributed by atoms with Gasteiger partial charge in [0, 0.05) is 38.2 Å². The molecule has 0 spiro atoms. The third kappa shape index (κ3) is 4.64. The molecule has 28 heavy (non-hydrogen) atoms. The van der Waals surface area contributed by atoms with Crippen molar-refractivity contribution in [2.45, 2.75) is 31.7 Å². The first-order valence-electron chi connectivity index (χ1n) is 9.53.